The van der Waals surface area contributed by atoms with E-state index in [0.29, 0.717) is 73.4 Å². The zero-order valence-electron chi connectivity index (χ0n) is 28.2. The normalized spacial score (nSPS) is 15.1. The van der Waals surface area contributed by atoms with Gasteiger partial charge in [-0.1, -0.05) is 54.5 Å². The van der Waals surface area contributed by atoms with E-state index in [0.717, 1.165) is 16.9 Å². The Hall–Kier alpha value is -5.25. The second-order valence-corrected chi connectivity index (χ2v) is 14.1. The summed E-state index contributed by atoms with van der Waals surface area (Å²) in [6.07, 6.45) is 2.79. The van der Waals surface area contributed by atoms with Crippen LogP contribution in [0.5, 0.6) is 11.5 Å². The monoisotopic (exact) mass is 758 g/mol. The van der Waals surface area contributed by atoms with Crippen LogP contribution in [-0.4, -0.2) is 43.6 Å². The summed E-state index contributed by atoms with van der Waals surface area (Å²) in [5.74, 6) is 1.10. The molecule has 0 bridgehead atoms. The third-order valence-corrected chi connectivity index (χ3v) is 10.7. The van der Waals surface area contributed by atoms with Crippen molar-refractivity contribution in [3.8, 4) is 22.9 Å². The van der Waals surface area contributed by atoms with Crippen LogP contribution in [0.3, 0.4) is 0 Å². The van der Waals surface area contributed by atoms with Crippen molar-refractivity contribution in [2.75, 3.05) is 13.4 Å². The van der Waals surface area contributed by atoms with Gasteiger partial charge in [-0.15, -0.1) is 10.2 Å². The number of non-ortho nitro benzene ring substituents is 1. The largest absolute Gasteiger partial charge is 0.463 e. The van der Waals surface area contributed by atoms with Crippen LogP contribution in [0.25, 0.3) is 17.5 Å². The van der Waals surface area contributed by atoms with Crippen LogP contribution in [0.15, 0.2) is 91.8 Å². The number of nitro benzene ring substituents is 1. The molecule has 0 N–H and O–H groups in total. The van der Waals surface area contributed by atoms with Gasteiger partial charge >= 0.3 is 5.97 Å². The number of ether oxygens (including phenoxy) is 3. The number of esters is 1. The van der Waals surface area contributed by atoms with Crippen LogP contribution in [-0.2, 0) is 16.1 Å². The van der Waals surface area contributed by atoms with Gasteiger partial charge in [0.15, 0.2) is 27.3 Å². The molecule has 2 aliphatic rings. The summed E-state index contributed by atoms with van der Waals surface area (Å²) in [4.78, 5) is 45.3. The van der Waals surface area contributed by atoms with Crippen molar-refractivity contribution in [2.24, 2.45) is 4.99 Å². The minimum atomic E-state index is -0.875. The van der Waals surface area contributed by atoms with E-state index in [-0.39, 0.29) is 29.2 Å². The zero-order valence-corrected chi connectivity index (χ0v) is 30.6. The second-order valence-electron chi connectivity index (χ2n) is 11.7. The fraction of sp³-hybridized carbons (Fsp3) is 0.250. The molecular formula is C36H31ClN6O7S2. The quantitative estimate of drug-likeness (QED) is 0.0853. The first-order valence-electron chi connectivity index (χ1n) is 16.5. The maximum atomic E-state index is 14.5. The molecule has 13 nitrogen and oxygen atoms in total. The van der Waals surface area contributed by atoms with Gasteiger partial charge in [-0.2, -0.15) is 0 Å². The number of nitro groups is 1. The molecular weight excluding hydrogens is 728 g/mol. The second kappa shape index (κ2) is 14.8. The molecule has 2 aliphatic heterocycles. The van der Waals surface area contributed by atoms with E-state index >= 15 is 0 Å². The fourth-order valence-electron chi connectivity index (χ4n) is 6.10. The van der Waals surface area contributed by atoms with Crippen LogP contribution < -0.4 is 24.4 Å². The number of nitrogens with zero attached hydrogens (tertiary/aromatic N) is 6. The third kappa shape index (κ3) is 6.62. The highest BCUT2D eigenvalue weighted by Crippen LogP contribution is 2.39. The van der Waals surface area contributed by atoms with Gasteiger partial charge in [-0.25, -0.2) is 9.79 Å². The van der Waals surface area contributed by atoms with E-state index in [1.807, 2.05) is 30.5 Å². The standard InChI is InChI=1S/C36H31ClN6O7S2/c1-4-8-25-30(34(45)48-6-3)31(20-11-13-26-27(17-20)50-19-49-26)42-33(44)29(52-35(42)38-25)18-22-16-24(43(46)47)12-14-28(22)51-36-40-39-32(41(36)5-2)21-9-7-10-23(37)15-21/h7,9-18,31H,4-6,8,19H2,1-3H3/b29-18+/t31-/m1/s1. The summed E-state index contributed by atoms with van der Waals surface area (Å²) < 4.78 is 20.3. The minimum absolute atomic E-state index is 0.0588. The molecule has 266 valence electrons. The van der Waals surface area contributed by atoms with E-state index < -0.39 is 22.5 Å². The molecule has 7 rings (SSSR count). The molecule has 0 saturated heterocycles. The average molecular weight is 759 g/mol. The lowest BCUT2D eigenvalue weighted by atomic mass is 9.94. The Kier molecular flexibility index (Phi) is 9.99. The molecule has 1 atom stereocenters. The summed E-state index contributed by atoms with van der Waals surface area (Å²) in [5, 5.41) is 21.9. The highest BCUT2D eigenvalue weighted by atomic mass is 35.5. The van der Waals surface area contributed by atoms with Crippen molar-refractivity contribution in [3.05, 3.63) is 118 Å². The molecule has 0 fully saturated rings. The molecule has 0 aliphatic carbocycles. The molecule has 2 aromatic heterocycles. The van der Waals surface area contributed by atoms with Gasteiger partial charge in [0.2, 0.25) is 6.79 Å². The molecule has 0 saturated carbocycles. The lowest BCUT2D eigenvalue weighted by Gasteiger charge is -2.25. The number of benzene rings is 3. The maximum Gasteiger partial charge on any atom is 0.338 e. The number of rotatable bonds is 11. The van der Waals surface area contributed by atoms with Gasteiger partial charge in [0.05, 0.1) is 33.4 Å². The Morgan fingerprint density at radius 3 is 2.69 bits per heavy atom. The lowest BCUT2D eigenvalue weighted by molar-refractivity contribution is -0.384. The molecule has 16 heteroatoms. The third-order valence-electron chi connectivity index (χ3n) is 8.41. The highest BCUT2D eigenvalue weighted by Gasteiger charge is 2.35. The van der Waals surface area contributed by atoms with Gasteiger partial charge in [0, 0.05) is 34.2 Å². The van der Waals surface area contributed by atoms with Crippen LogP contribution in [0.2, 0.25) is 5.02 Å². The smallest absolute Gasteiger partial charge is 0.338 e. The van der Waals surface area contributed by atoms with Gasteiger partial charge in [0.1, 0.15) is 0 Å². The number of fused-ring (bicyclic) bond motifs is 2. The van der Waals surface area contributed by atoms with Crippen molar-refractivity contribution in [2.45, 2.75) is 56.3 Å². The zero-order chi connectivity index (χ0) is 36.5. The number of allylic oxidation sites excluding steroid dienone is 1. The first kappa shape index (κ1) is 35.2. The van der Waals surface area contributed by atoms with Gasteiger partial charge < -0.3 is 18.8 Å². The molecule has 0 spiro atoms. The number of thiazole rings is 1. The highest BCUT2D eigenvalue weighted by molar-refractivity contribution is 7.99. The van der Waals surface area contributed by atoms with Crippen molar-refractivity contribution in [3.63, 3.8) is 0 Å². The number of aromatic nitrogens is 4. The number of carbonyl (C=O) groups excluding carboxylic acids is 1. The van der Waals surface area contributed by atoms with Gasteiger partial charge in [-0.05, 0) is 79.6 Å². The van der Waals surface area contributed by atoms with E-state index in [1.165, 1.54) is 28.5 Å². The lowest BCUT2D eigenvalue weighted by Crippen LogP contribution is -2.40. The number of hydrogen-bond acceptors (Lipinski definition) is 12. The summed E-state index contributed by atoms with van der Waals surface area (Å²) in [6, 6.07) is 16.2. The molecule has 5 aromatic rings. The van der Waals surface area contributed by atoms with Crippen LogP contribution in [0, 0.1) is 10.1 Å². The van der Waals surface area contributed by atoms with Crippen molar-refractivity contribution in [1.82, 2.24) is 19.3 Å². The summed E-state index contributed by atoms with van der Waals surface area (Å²) in [7, 11) is 0. The molecule has 0 unspecified atom stereocenters. The van der Waals surface area contributed by atoms with Crippen LogP contribution >= 0.6 is 34.7 Å². The number of carbonyl (C=O) groups is 1. The Morgan fingerprint density at radius 2 is 1.94 bits per heavy atom. The minimum Gasteiger partial charge on any atom is -0.463 e. The SMILES string of the molecule is CCCC1=C(C(=O)OCC)[C@@H](c2ccc3c(c2)OCO3)n2c(s/c(=C/c3cc([N+](=O)[O-])ccc3Sc3nnc(-c4cccc(Cl)c4)n3CC)c2=O)=N1. The molecule has 3 aromatic carbocycles. The summed E-state index contributed by atoms with van der Waals surface area (Å²) in [5.41, 5.74) is 2.06. The number of halogens is 1. The summed E-state index contributed by atoms with van der Waals surface area (Å²) >= 11 is 8.66. The van der Waals surface area contributed by atoms with Gasteiger partial charge in [-0.3, -0.25) is 19.5 Å². The Bertz CT molecular complexity index is 2460. The van der Waals surface area contributed by atoms with Crippen molar-refractivity contribution >= 4 is 52.4 Å². The topological polar surface area (TPSA) is 153 Å². The van der Waals surface area contributed by atoms with Crippen molar-refractivity contribution < 1.29 is 23.9 Å². The van der Waals surface area contributed by atoms with Gasteiger partial charge in [0.25, 0.3) is 11.2 Å². The van der Waals surface area contributed by atoms with E-state index in [2.05, 4.69) is 10.2 Å². The average Bonchev–Trinajstić information content (AvgIpc) is 3.85. The predicted octanol–water partition coefficient (Wildman–Crippen LogP) is 6.30. The molecule has 4 heterocycles. The van der Waals surface area contributed by atoms with E-state index in [1.54, 1.807) is 49.4 Å². The molecule has 0 amide bonds. The van der Waals surface area contributed by atoms with E-state index in [4.69, 9.17) is 30.8 Å². The fourth-order valence-corrected chi connectivity index (χ4v) is 8.28. The first-order chi connectivity index (χ1) is 25.2. The van der Waals surface area contributed by atoms with Crippen LogP contribution in [0.1, 0.15) is 50.8 Å². The molecule has 52 heavy (non-hydrogen) atoms. The first-order valence-corrected chi connectivity index (χ1v) is 18.5. The predicted molar refractivity (Wildman–Crippen MR) is 196 cm³/mol. The molecule has 0 radical (unpaired) electrons. The Morgan fingerprint density at radius 1 is 1.12 bits per heavy atom. The number of hydrogen-bond donors (Lipinski definition) is 0. The maximum absolute atomic E-state index is 14.5. The van der Waals surface area contributed by atoms with Crippen LogP contribution in [0.4, 0.5) is 5.69 Å². The van der Waals surface area contributed by atoms with E-state index in [9.17, 15) is 19.7 Å². The Balaban J connectivity index is 1.38. The van der Waals surface area contributed by atoms with Crippen molar-refractivity contribution in [1.29, 1.82) is 0 Å². The Labute approximate surface area is 310 Å². The summed E-state index contributed by atoms with van der Waals surface area (Å²) in [6.45, 7) is 6.41.